The molecular weight excluding hydrogens is 420 g/mol. The van der Waals surface area contributed by atoms with Crippen LogP contribution in [0.15, 0.2) is 59.3 Å². The van der Waals surface area contributed by atoms with Crippen LogP contribution < -0.4 is 4.74 Å². The predicted molar refractivity (Wildman–Crippen MR) is 110 cm³/mol. The first-order valence-electron chi connectivity index (χ1n) is 8.77. The van der Waals surface area contributed by atoms with E-state index >= 15 is 0 Å². The summed E-state index contributed by atoms with van der Waals surface area (Å²) in [5.41, 5.74) is 3.34. The van der Waals surface area contributed by atoms with Crippen molar-refractivity contribution in [2.75, 3.05) is 0 Å². The Labute approximate surface area is 171 Å². The van der Waals surface area contributed by atoms with Crippen LogP contribution in [0.3, 0.4) is 0 Å². The van der Waals surface area contributed by atoms with Gasteiger partial charge in [-0.05, 0) is 47.0 Å². The summed E-state index contributed by atoms with van der Waals surface area (Å²) >= 11 is 3.28. The molecule has 3 rings (SSSR count). The fourth-order valence-corrected chi connectivity index (χ4v) is 2.90. The second-order valence-corrected chi connectivity index (χ2v) is 7.48. The lowest BCUT2D eigenvalue weighted by atomic mass is 10.00. The van der Waals surface area contributed by atoms with E-state index in [1.807, 2.05) is 38.1 Å². The molecule has 6 heteroatoms. The molecule has 142 valence electrons. The van der Waals surface area contributed by atoms with Gasteiger partial charge in [0, 0.05) is 24.4 Å². The summed E-state index contributed by atoms with van der Waals surface area (Å²) in [6.45, 7) is 3.84. The van der Waals surface area contributed by atoms with Gasteiger partial charge in [-0.3, -0.25) is 9.59 Å². The zero-order valence-electron chi connectivity index (χ0n) is 15.6. The first-order chi connectivity index (χ1) is 13.4. The summed E-state index contributed by atoms with van der Waals surface area (Å²) in [4.78, 5) is 32.7. The van der Waals surface area contributed by atoms with Gasteiger partial charge < -0.3 is 4.74 Å². The molecule has 3 aromatic rings. The molecule has 0 aliphatic heterocycles. The number of aryl methyl sites for hydroxylation is 2. The molecule has 5 nitrogen and oxygen atoms in total. The van der Waals surface area contributed by atoms with Crippen molar-refractivity contribution in [1.82, 2.24) is 9.97 Å². The smallest absolute Gasteiger partial charge is 0.321 e. The van der Waals surface area contributed by atoms with E-state index in [2.05, 4.69) is 25.9 Å². The molecule has 2 aromatic carbocycles. The minimum Gasteiger partial charge on any atom is -0.424 e. The summed E-state index contributed by atoms with van der Waals surface area (Å²) in [7, 11) is 0. The standard InChI is InChI=1S/C22H19BrN2O3/c1-14-3-6-17(7-4-14)20(27)11-19(26)10-16-5-8-21(15(2)9-16)28-22-24-12-18(23)13-25-22/h3-9,12-13H,10-11H2,1-2H3. The van der Waals surface area contributed by atoms with Gasteiger partial charge >= 0.3 is 6.01 Å². The Bertz CT molecular complexity index is 999. The van der Waals surface area contributed by atoms with Crippen molar-refractivity contribution in [3.05, 3.63) is 81.6 Å². The molecule has 28 heavy (non-hydrogen) atoms. The third kappa shape index (κ3) is 5.33. The van der Waals surface area contributed by atoms with Crippen LogP contribution in [0.4, 0.5) is 0 Å². The zero-order valence-corrected chi connectivity index (χ0v) is 17.2. The molecule has 0 unspecified atom stereocenters. The van der Waals surface area contributed by atoms with Gasteiger partial charge in [-0.25, -0.2) is 9.97 Å². The molecule has 0 aliphatic carbocycles. The van der Waals surface area contributed by atoms with Gasteiger partial charge in [-0.2, -0.15) is 0 Å². The van der Waals surface area contributed by atoms with E-state index in [0.29, 0.717) is 11.3 Å². The number of aromatic nitrogens is 2. The lowest BCUT2D eigenvalue weighted by Gasteiger charge is -2.09. The summed E-state index contributed by atoms with van der Waals surface area (Å²) in [6, 6.07) is 13.0. The van der Waals surface area contributed by atoms with Crippen molar-refractivity contribution in [2.24, 2.45) is 0 Å². The van der Waals surface area contributed by atoms with Gasteiger partial charge in [-0.1, -0.05) is 42.0 Å². The van der Waals surface area contributed by atoms with Crippen molar-refractivity contribution in [1.29, 1.82) is 0 Å². The largest absolute Gasteiger partial charge is 0.424 e. The Morgan fingerprint density at radius 2 is 1.68 bits per heavy atom. The van der Waals surface area contributed by atoms with Gasteiger partial charge in [0.15, 0.2) is 5.78 Å². The third-order valence-electron chi connectivity index (χ3n) is 4.17. The molecule has 0 spiro atoms. The van der Waals surface area contributed by atoms with Crippen LogP contribution >= 0.6 is 15.9 Å². The average molecular weight is 439 g/mol. The lowest BCUT2D eigenvalue weighted by Crippen LogP contribution is -2.10. The molecular formula is C22H19BrN2O3. The Balaban J connectivity index is 1.61. The number of carbonyl (C=O) groups is 2. The molecule has 0 radical (unpaired) electrons. The van der Waals surface area contributed by atoms with E-state index in [0.717, 1.165) is 21.2 Å². The van der Waals surface area contributed by atoms with Gasteiger partial charge in [-0.15, -0.1) is 0 Å². The summed E-state index contributed by atoms with van der Waals surface area (Å²) < 4.78 is 6.44. The maximum absolute atomic E-state index is 12.3. The minimum absolute atomic E-state index is 0.104. The maximum Gasteiger partial charge on any atom is 0.321 e. The quantitative estimate of drug-likeness (QED) is 0.382. The highest BCUT2D eigenvalue weighted by Crippen LogP contribution is 2.24. The average Bonchev–Trinajstić information content (AvgIpc) is 2.66. The number of carbonyl (C=O) groups excluding carboxylic acids is 2. The van der Waals surface area contributed by atoms with E-state index < -0.39 is 0 Å². The van der Waals surface area contributed by atoms with Gasteiger partial charge in [0.25, 0.3) is 0 Å². The molecule has 0 fully saturated rings. The number of hydrogen-bond acceptors (Lipinski definition) is 5. The van der Waals surface area contributed by atoms with Crippen molar-refractivity contribution in [3.63, 3.8) is 0 Å². The Morgan fingerprint density at radius 3 is 2.32 bits per heavy atom. The second-order valence-electron chi connectivity index (χ2n) is 6.57. The van der Waals surface area contributed by atoms with Crippen molar-refractivity contribution >= 4 is 27.5 Å². The molecule has 0 bridgehead atoms. The van der Waals surface area contributed by atoms with Crippen LogP contribution in [0, 0.1) is 13.8 Å². The molecule has 0 saturated carbocycles. The Kier molecular flexibility index (Phi) is 6.31. The summed E-state index contributed by atoms with van der Waals surface area (Å²) in [5.74, 6) is 0.346. The highest BCUT2D eigenvalue weighted by Gasteiger charge is 2.13. The third-order valence-corrected chi connectivity index (χ3v) is 4.58. The zero-order chi connectivity index (χ0) is 20.1. The number of benzene rings is 2. The summed E-state index contributed by atoms with van der Waals surface area (Å²) in [5, 5.41) is 0. The highest BCUT2D eigenvalue weighted by molar-refractivity contribution is 9.10. The first-order valence-corrected chi connectivity index (χ1v) is 9.56. The van der Waals surface area contributed by atoms with Crippen LogP contribution in [0.5, 0.6) is 11.8 Å². The summed E-state index contributed by atoms with van der Waals surface area (Å²) in [6.07, 6.45) is 3.31. The van der Waals surface area contributed by atoms with Crippen LogP contribution in [-0.4, -0.2) is 21.5 Å². The first kappa shape index (κ1) is 19.9. The van der Waals surface area contributed by atoms with Crippen LogP contribution in [0.1, 0.15) is 33.5 Å². The molecule has 0 N–H and O–H groups in total. The molecule has 0 aliphatic rings. The number of rotatable bonds is 7. The van der Waals surface area contributed by atoms with E-state index in [1.54, 1.807) is 30.6 Å². The van der Waals surface area contributed by atoms with Crippen molar-refractivity contribution in [3.8, 4) is 11.8 Å². The normalized spacial score (nSPS) is 10.5. The molecule has 1 aromatic heterocycles. The van der Waals surface area contributed by atoms with E-state index in [9.17, 15) is 9.59 Å². The number of hydrogen-bond donors (Lipinski definition) is 0. The minimum atomic E-state index is -0.158. The molecule has 1 heterocycles. The number of ether oxygens (including phenoxy) is 1. The number of halogens is 1. The predicted octanol–water partition coefficient (Wildman–Crippen LogP) is 5.03. The second kappa shape index (κ2) is 8.89. The number of nitrogens with zero attached hydrogens (tertiary/aromatic N) is 2. The topological polar surface area (TPSA) is 69.2 Å². The van der Waals surface area contributed by atoms with Gasteiger partial charge in [0.05, 0.1) is 10.9 Å². The Morgan fingerprint density at radius 1 is 1.00 bits per heavy atom. The maximum atomic E-state index is 12.3. The van der Waals surface area contributed by atoms with Gasteiger partial charge in [0.1, 0.15) is 11.5 Å². The van der Waals surface area contributed by atoms with E-state index in [-0.39, 0.29) is 30.4 Å². The van der Waals surface area contributed by atoms with Crippen molar-refractivity contribution < 1.29 is 14.3 Å². The van der Waals surface area contributed by atoms with Crippen LogP contribution in [0.25, 0.3) is 0 Å². The number of Topliss-reactive ketones (excluding diaryl/α,β-unsaturated/α-hetero) is 2. The fraction of sp³-hybridized carbons (Fsp3) is 0.182. The van der Waals surface area contributed by atoms with Crippen LogP contribution in [-0.2, 0) is 11.2 Å². The van der Waals surface area contributed by atoms with E-state index in [4.69, 9.17) is 4.74 Å². The van der Waals surface area contributed by atoms with Gasteiger partial charge in [0.2, 0.25) is 0 Å². The SMILES string of the molecule is Cc1ccc(C(=O)CC(=O)Cc2ccc(Oc3ncc(Br)cn3)c(C)c2)cc1. The highest BCUT2D eigenvalue weighted by atomic mass is 79.9. The fourth-order valence-electron chi connectivity index (χ4n) is 2.70. The molecule has 0 atom stereocenters. The van der Waals surface area contributed by atoms with Crippen LogP contribution in [0.2, 0.25) is 0 Å². The number of ketones is 2. The monoisotopic (exact) mass is 438 g/mol. The Hall–Kier alpha value is -2.86. The lowest BCUT2D eigenvalue weighted by molar-refractivity contribution is -0.117. The van der Waals surface area contributed by atoms with Crippen molar-refractivity contribution in [2.45, 2.75) is 26.7 Å². The molecule has 0 amide bonds. The van der Waals surface area contributed by atoms with E-state index in [1.165, 1.54) is 0 Å². The molecule has 0 saturated heterocycles.